The number of nitrogens with one attached hydrogen (secondary N) is 1. The van der Waals surface area contributed by atoms with Crippen LogP contribution in [0.1, 0.15) is 53.3 Å². The number of aromatic nitrogens is 1. The Kier molecular flexibility index (Phi) is 4.56. The number of likely N-dealkylation sites (tertiary alicyclic amines) is 1. The molecule has 4 aromatic rings. The van der Waals surface area contributed by atoms with Crippen molar-refractivity contribution >= 4 is 22.5 Å². The van der Waals surface area contributed by atoms with Crippen LogP contribution in [-0.2, 0) is 29.6 Å². The second-order valence-electron chi connectivity index (χ2n) is 12.3. The molecule has 2 aliphatic heterocycles. The Balaban J connectivity index is 1.31. The molecule has 6 heteroatoms. The molecule has 39 heavy (non-hydrogen) atoms. The highest BCUT2D eigenvalue weighted by Gasteiger charge is 2.74. The van der Waals surface area contributed by atoms with E-state index < -0.39 is 11.0 Å². The topological polar surface area (TPSA) is 57.7 Å². The molecule has 3 heterocycles. The van der Waals surface area contributed by atoms with Crippen molar-refractivity contribution < 1.29 is 14.6 Å². The molecule has 1 spiro atoms. The minimum absolute atomic E-state index is 0.213. The van der Waals surface area contributed by atoms with Gasteiger partial charge in [-0.15, -0.1) is 0 Å². The average Bonchev–Trinajstić information content (AvgIpc) is 3.59. The Morgan fingerprint density at radius 3 is 2.79 bits per heavy atom. The molecule has 9 rings (SSSR count). The molecular weight excluding hydrogens is 508 g/mol. The molecule has 5 aliphatic rings. The summed E-state index contributed by atoms with van der Waals surface area (Å²) in [5, 5.41) is 13.1. The van der Waals surface area contributed by atoms with E-state index in [4.69, 9.17) is 21.1 Å². The first-order chi connectivity index (χ1) is 19.1. The number of piperidine rings is 1. The maximum absolute atomic E-state index is 11.1. The fourth-order valence-corrected chi connectivity index (χ4v) is 8.83. The van der Waals surface area contributed by atoms with E-state index in [1.54, 1.807) is 0 Å². The number of ether oxygens (including phenoxy) is 2. The number of rotatable bonds is 5. The maximum atomic E-state index is 11.1. The first kappa shape index (κ1) is 22.8. The number of hydrogen-bond donors (Lipinski definition) is 2. The minimum atomic E-state index is -0.520. The Bertz CT molecular complexity index is 1660. The highest BCUT2D eigenvalue weighted by molar-refractivity contribution is 6.31. The quantitative estimate of drug-likeness (QED) is 0.306. The van der Waals surface area contributed by atoms with Gasteiger partial charge >= 0.3 is 0 Å². The highest BCUT2D eigenvalue weighted by Crippen LogP contribution is 2.70. The van der Waals surface area contributed by atoms with Gasteiger partial charge in [0.25, 0.3) is 0 Å². The third kappa shape index (κ3) is 2.88. The molecule has 1 saturated carbocycles. The van der Waals surface area contributed by atoms with E-state index in [-0.39, 0.29) is 17.9 Å². The first-order valence-electron chi connectivity index (χ1n) is 14.3. The average molecular weight is 539 g/mol. The van der Waals surface area contributed by atoms with Gasteiger partial charge in [0.1, 0.15) is 5.60 Å². The summed E-state index contributed by atoms with van der Waals surface area (Å²) < 4.78 is 14.3. The summed E-state index contributed by atoms with van der Waals surface area (Å²) in [5.41, 5.74) is 6.14. The third-order valence-electron chi connectivity index (χ3n) is 10.5. The van der Waals surface area contributed by atoms with Crippen molar-refractivity contribution in [3.8, 4) is 11.5 Å². The Labute approximate surface area is 232 Å². The number of para-hydroxylation sites is 1. The molecule has 2 fully saturated rings. The van der Waals surface area contributed by atoms with Gasteiger partial charge in [-0.2, -0.15) is 0 Å². The van der Waals surface area contributed by atoms with Crippen molar-refractivity contribution in [1.29, 1.82) is 0 Å². The van der Waals surface area contributed by atoms with E-state index >= 15 is 0 Å². The van der Waals surface area contributed by atoms with Crippen LogP contribution in [-0.4, -0.2) is 39.7 Å². The standard InChI is InChI=1S/C33H31ClN2O3/c34-24-7-3-1-5-21(24)18-38-33-16-23-22-6-2-4-8-25(22)35-29(23)31-32(33)13-14-36(17-19-9-10-19)27(33)15-20-11-12-26(37)30(39-31)28(20)32/h1-8,11-12,19,27,31,35,37H,9-10,13-18H2/t27-,31-,32-,33+/m0/s1. The van der Waals surface area contributed by atoms with E-state index in [0.29, 0.717) is 12.4 Å². The van der Waals surface area contributed by atoms with Crippen LogP contribution in [0.5, 0.6) is 11.5 Å². The normalized spacial score (nSPS) is 30.2. The first-order valence-corrected chi connectivity index (χ1v) is 14.7. The molecule has 1 saturated heterocycles. The lowest BCUT2D eigenvalue weighted by Crippen LogP contribution is -2.75. The molecule has 0 unspecified atom stereocenters. The summed E-state index contributed by atoms with van der Waals surface area (Å²) >= 11 is 6.67. The lowest BCUT2D eigenvalue weighted by atomic mass is 9.48. The molecule has 2 bridgehead atoms. The second kappa shape index (κ2) is 7.81. The summed E-state index contributed by atoms with van der Waals surface area (Å²) in [6.07, 6.45) is 5.04. The minimum Gasteiger partial charge on any atom is -0.504 e. The van der Waals surface area contributed by atoms with Crippen molar-refractivity contribution in [1.82, 2.24) is 9.88 Å². The van der Waals surface area contributed by atoms with Gasteiger partial charge in [0, 0.05) is 40.5 Å². The zero-order chi connectivity index (χ0) is 25.9. The zero-order valence-electron chi connectivity index (χ0n) is 21.8. The summed E-state index contributed by atoms with van der Waals surface area (Å²) in [6.45, 7) is 2.59. The van der Waals surface area contributed by atoms with Gasteiger partial charge in [0.05, 0.1) is 17.7 Å². The molecule has 3 aromatic carbocycles. The van der Waals surface area contributed by atoms with Crippen molar-refractivity contribution in [2.45, 2.75) is 61.9 Å². The van der Waals surface area contributed by atoms with Crippen LogP contribution in [0, 0.1) is 5.92 Å². The Hall–Kier alpha value is -2.99. The molecule has 5 nitrogen and oxygen atoms in total. The van der Waals surface area contributed by atoms with E-state index in [2.05, 4.69) is 46.3 Å². The largest absolute Gasteiger partial charge is 0.504 e. The number of aromatic hydroxyl groups is 1. The van der Waals surface area contributed by atoms with Gasteiger partial charge in [-0.1, -0.05) is 54.1 Å². The lowest BCUT2D eigenvalue weighted by Gasteiger charge is -2.64. The molecule has 1 aromatic heterocycles. The van der Waals surface area contributed by atoms with E-state index in [0.717, 1.165) is 60.1 Å². The van der Waals surface area contributed by atoms with Crippen molar-refractivity contribution in [3.05, 3.63) is 93.6 Å². The maximum Gasteiger partial charge on any atom is 0.166 e. The number of phenolic OH excluding ortho intramolecular Hbond substituents is 1. The van der Waals surface area contributed by atoms with Crippen LogP contribution in [0.15, 0.2) is 60.7 Å². The van der Waals surface area contributed by atoms with Crippen LogP contribution in [0.25, 0.3) is 10.9 Å². The van der Waals surface area contributed by atoms with E-state index in [1.165, 1.54) is 34.9 Å². The number of halogens is 1. The molecule has 0 amide bonds. The smallest absolute Gasteiger partial charge is 0.166 e. The fraction of sp³-hybridized carbons (Fsp3) is 0.394. The van der Waals surface area contributed by atoms with Gasteiger partial charge in [-0.3, -0.25) is 4.90 Å². The van der Waals surface area contributed by atoms with Gasteiger partial charge in [-0.25, -0.2) is 0 Å². The number of H-pyrrole nitrogens is 1. The fourth-order valence-electron chi connectivity index (χ4n) is 8.64. The predicted molar refractivity (Wildman–Crippen MR) is 151 cm³/mol. The summed E-state index contributed by atoms with van der Waals surface area (Å²) in [4.78, 5) is 6.50. The number of benzene rings is 3. The van der Waals surface area contributed by atoms with Crippen LogP contribution in [0.4, 0.5) is 0 Å². The summed E-state index contributed by atoms with van der Waals surface area (Å²) in [5.74, 6) is 1.68. The van der Waals surface area contributed by atoms with Crippen LogP contribution in [0.2, 0.25) is 5.02 Å². The van der Waals surface area contributed by atoms with E-state index in [9.17, 15) is 5.11 Å². The van der Waals surface area contributed by atoms with Crippen LogP contribution in [0.3, 0.4) is 0 Å². The molecule has 3 aliphatic carbocycles. The van der Waals surface area contributed by atoms with Gasteiger partial charge < -0.3 is 19.6 Å². The third-order valence-corrected chi connectivity index (χ3v) is 10.8. The lowest BCUT2D eigenvalue weighted by molar-refractivity contribution is -0.210. The second-order valence-corrected chi connectivity index (χ2v) is 12.7. The summed E-state index contributed by atoms with van der Waals surface area (Å²) in [7, 11) is 0. The number of aromatic amines is 1. The zero-order valence-corrected chi connectivity index (χ0v) is 22.5. The van der Waals surface area contributed by atoms with Gasteiger partial charge in [-0.05, 0) is 73.0 Å². The monoisotopic (exact) mass is 538 g/mol. The Morgan fingerprint density at radius 1 is 1.08 bits per heavy atom. The molecule has 198 valence electrons. The Morgan fingerprint density at radius 2 is 1.92 bits per heavy atom. The van der Waals surface area contributed by atoms with Crippen molar-refractivity contribution in [2.24, 2.45) is 5.92 Å². The highest BCUT2D eigenvalue weighted by atomic mass is 35.5. The van der Waals surface area contributed by atoms with E-state index in [1.807, 2.05) is 24.3 Å². The number of nitrogens with zero attached hydrogens (tertiary/aromatic N) is 1. The van der Waals surface area contributed by atoms with Crippen LogP contribution >= 0.6 is 11.6 Å². The van der Waals surface area contributed by atoms with Crippen molar-refractivity contribution in [2.75, 3.05) is 13.1 Å². The number of fused-ring (bicyclic) bond motifs is 4. The molecule has 0 radical (unpaired) electrons. The summed E-state index contributed by atoms with van der Waals surface area (Å²) in [6, 6.07) is 20.8. The number of phenols is 1. The number of hydrogen-bond acceptors (Lipinski definition) is 4. The van der Waals surface area contributed by atoms with Crippen LogP contribution < -0.4 is 4.74 Å². The predicted octanol–water partition coefficient (Wildman–Crippen LogP) is 6.45. The molecular formula is C33H31ClN2O3. The molecule has 2 N–H and O–H groups in total. The van der Waals surface area contributed by atoms with Gasteiger partial charge in [0.2, 0.25) is 0 Å². The molecule has 4 atom stereocenters. The SMILES string of the molecule is Oc1ccc2c3c1O[C@H]1c4[nH]c5ccccc5c4C[C@@]4(OCc5ccccc5Cl)[C@H](C2)N(CC2CC2)CC[C@]314. The van der Waals surface area contributed by atoms with Gasteiger partial charge in [0.15, 0.2) is 17.6 Å². The van der Waals surface area contributed by atoms with Crippen molar-refractivity contribution in [3.63, 3.8) is 0 Å².